The molecule has 0 saturated carbocycles. The third-order valence-electron chi connectivity index (χ3n) is 4.63. The number of unbranched alkanes of at least 4 members (excludes halogenated alkanes) is 3. The SMILES string of the molecule is [CH2-]CCCCCO[Si](c1ccccc1)(c1ccccc1)C(C)(C)C.[Zn+][Br]. The van der Waals surface area contributed by atoms with Gasteiger partial charge in [-0.2, -0.15) is 6.42 Å². The van der Waals surface area contributed by atoms with Crippen LogP contribution in [0.5, 0.6) is 0 Å². The summed E-state index contributed by atoms with van der Waals surface area (Å²) in [5, 5.41) is 2.80. The monoisotopic (exact) mass is 482 g/mol. The van der Waals surface area contributed by atoms with Gasteiger partial charge in [-0.25, -0.2) is 0 Å². The molecule has 0 radical (unpaired) electrons. The molecule has 0 atom stereocenters. The van der Waals surface area contributed by atoms with Crippen molar-refractivity contribution in [3.63, 3.8) is 0 Å². The fourth-order valence-corrected chi connectivity index (χ4v) is 8.05. The molecule has 4 heteroatoms. The molecule has 0 heterocycles. The summed E-state index contributed by atoms with van der Waals surface area (Å²) in [7, 11) is -2.33. The number of hydrogen-bond donors (Lipinski definition) is 0. The van der Waals surface area contributed by atoms with Gasteiger partial charge in [0, 0.05) is 6.61 Å². The van der Waals surface area contributed by atoms with Crippen LogP contribution in [0.15, 0.2) is 60.7 Å². The average Bonchev–Trinajstić information content (AvgIpc) is 2.67. The topological polar surface area (TPSA) is 9.23 Å². The summed E-state index contributed by atoms with van der Waals surface area (Å²) in [6.45, 7) is 11.7. The Balaban J connectivity index is 0.00000163. The Morgan fingerprint density at radius 2 is 1.31 bits per heavy atom. The molecule has 1 nitrogen and oxygen atoms in total. The number of rotatable bonds is 8. The van der Waals surface area contributed by atoms with Crippen molar-refractivity contribution in [2.24, 2.45) is 0 Å². The molecule has 2 rings (SSSR count). The summed E-state index contributed by atoms with van der Waals surface area (Å²) in [6.07, 6.45) is 4.50. The Bertz CT molecular complexity index is 559. The number of benzene rings is 2. The molecule has 0 aromatic heterocycles. The summed E-state index contributed by atoms with van der Waals surface area (Å²) >= 11 is 4.25. The van der Waals surface area contributed by atoms with Crippen molar-refractivity contribution in [1.29, 1.82) is 0 Å². The molecule has 0 aliphatic rings. The molecule has 0 spiro atoms. The van der Waals surface area contributed by atoms with Gasteiger partial charge in [0.05, 0.1) is 0 Å². The zero-order valence-electron chi connectivity index (χ0n) is 16.5. The van der Waals surface area contributed by atoms with Gasteiger partial charge in [0.15, 0.2) is 0 Å². The van der Waals surface area contributed by atoms with Crippen LogP contribution in [-0.2, 0) is 20.8 Å². The molecule has 0 N–H and O–H groups in total. The van der Waals surface area contributed by atoms with E-state index in [1.807, 2.05) is 0 Å². The molecule has 0 bridgehead atoms. The Labute approximate surface area is 178 Å². The third kappa shape index (κ3) is 6.12. The predicted octanol–water partition coefficient (Wildman–Crippen LogP) is 5.80. The number of hydrogen-bond acceptors (Lipinski definition) is 1. The van der Waals surface area contributed by atoms with Crippen LogP contribution in [0.3, 0.4) is 0 Å². The second kappa shape index (κ2) is 12.2. The van der Waals surface area contributed by atoms with Gasteiger partial charge in [-0.15, -0.1) is 0 Å². The van der Waals surface area contributed by atoms with Crippen LogP contribution in [0.25, 0.3) is 0 Å². The van der Waals surface area contributed by atoms with Gasteiger partial charge in [0.2, 0.25) is 0 Å². The van der Waals surface area contributed by atoms with E-state index >= 15 is 0 Å². The molecular formula is C22H31BrOSiZn. The van der Waals surface area contributed by atoms with Gasteiger partial charge >= 0.3 is 30.0 Å². The van der Waals surface area contributed by atoms with Gasteiger partial charge < -0.3 is 11.3 Å². The minimum absolute atomic E-state index is 0.0714. The van der Waals surface area contributed by atoms with Gasteiger partial charge in [0.1, 0.15) is 0 Å². The molecule has 0 aliphatic heterocycles. The maximum absolute atomic E-state index is 6.83. The molecule has 0 amide bonds. The molecular weight excluding hydrogens is 454 g/mol. The third-order valence-corrected chi connectivity index (χ3v) is 9.67. The average molecular weight is 485 g/mol. The van der Waals surface area contributed by atoms with Crippen molar-refractivity contribution >= 4 is 32.3 Å². The predicted molar refractivity (Wildman–Crippen MR) is 116 cm³/mol. The number of halogens is 1. The van der Waals surface area contributed by atoms with E-state index in [1.165, 1.54) is 39.6 Å². The summed E-state index contributed by atoms with van der Waals surface area (Å²) in [4.78, 5) is 0. The molecule has 138 valence electrons. The van der Waals surface area contributed by atoms with Gasteiger partial charge in [0.25, 0.3) is 8.32 Å². The van der Waals surface area contributed by atoms with E-state index in [9.17, 15) is 0 Å². The fraction of sp³-hybridized carbons (Fsp3) is 0.409. The standard InChI is InChI=1S/C22H31OSi.BrH.Zn/c1-5-6-7-14-19-23-24(22(2,3)4,20-15-10-8-11-16-20)21-17-12-9-13-18-21;;/h8-13,15-18H,1,5-7,14,19H2,2-4H3;1H;/q-1;;+2/p-1. The van der Waals surface area contributed by atoms with E-state index in [-0.39, 0.29) is 5.04 Å². The van der Waals surface area contributed by atoms with Crippen molar-refractivity contribution in [2.75, 3.05) is 6.61 Å². The normalized spacial score (nSPS) is 11.7. The molecule has 26 heavy (non-hydrogen) atoms. The minimum atomic E-state index is -2.33. The van der Waals surface area contributed by atoms with Crippen LogP contribution < -0.4 is 10.4 Å². The Kier molecular flexibility index (Phi) is 11.2. The quantitative estimate of drug-likeness (QED) is 0.261. The van der Waals surface area contributed by atoms with E-state index in [4.69, 9.17) is 4.43 Å². The van der Waals surface area contributed by atoms with Crippen LogP contribution in [0.2, 0.25) is 5.04 Å². The Morgan fingerprint density at radius 1 is 0.846 bits per heavy atom. The van der Waals surface area contributed by atoms with Crippen LogP contribution >= 0.6 is 13.6 Å². The second-order valence-corrected chi connectivity index (χ2v) is 11.7. The van der Waals surface area contributed by atoms with Gasteiger partial charge in [-0.05, 0) is 21.8 Å². The molecule has 2 aromatic carbocycles. The van der Waals surface area contributed by atoms with Crippen molar-refractivity contribution in [2.45, 2.75) is 51.5 Å². The van der Waals surface area contributed by atoms with Crippen LogP contribution in [0, 0.1) is 6.92 Å². The van der Waals surface area contributed by atoms with Crippen molar-refractivity contribution in [1.82, 2.24) is 0 Å². The molecule has 0 unspecified atom stereocenters. The first-order chi connectivity index (χ1) is 12.5. The van der Waals surface area contributed by atoms with E-state index in [2.05, 4.69) is 102 Å². The second-order valence-electron chi connectivity index (χ2n) is 7.43. The first-order valence-corrected chi connectivity index (χ1v) is 18.2. The Hall–Kier alpha value is -0.280. The van der Waals surface area contributed by atoms with Crippen molar-refractivity contribution in [3.05, 3.63) is 67.6 Å². The zero-order chi connectivity index (χ0) is 19.5. The van der Waals surface area contributed by atoms with E-state index in [0.717, 1.165) is 19.4 Å². The van der Waals surface area contributed by atoms with Crippen LogP contribution in [0.4, 0.5) is 0 Å². The maximum atomic E-state index is 6.83. The van der Waals surface area contributed by atoms with E-state index in [1.54, 1.807) is 0 Å². The summed E-state index contributed by atoms with van der Waals surface area (Å²) in [5.41, 5.74) is 0. The first-order valence-electron chi connectivity index (χ1n) is 9.33. The molecule has 0 aliphatic carbocycles. The van der Waals surface area contributed by atoms with Crippen molar-refractivity contribution in [3.8, 4) is 0 Å². The molecule has 2 aromatic rings. The summed E-state index contributed by atoms with van der Waals surface area (Å²) < 4.78 is 6.83. The van der Waals surface area contributed by atoms with Crippen LogP contribution in [0.1, 0.15) is 46.5 Å². The molecule has 0 saturated heterocycles. The first kappa shape index (κ1) is 23.8. The van der Waals surface area contributed by atoms with E-state index < -0.39 is 8.32 Å². The molecule has 0 fully saturated rings. The van der Waals surface area contributed by atoms with Gasteiger partial charge in [-0.3, -0.25) is 0 Å². The summed E-state index contributed by atoms with van der Waals surface area (Å²) in [5.74, 6) is 0. The van der Waals surface area contributed by atoms with Crippen LogP contribution in [-0.4, -0.2) is 14.9 Å². The van der Waals surface area contributed by atoms with Gasteiger partial charge in [-0.1, -0.05) is 94.3 Å². The zero-order valence-corrected chi connectivity index (χ0v) is 22.1. The Morgan fingerprint density at radius 3 is 1.69 bits per heavy atom. The van der Waals surface area contributed by atoms with Crippen molar-refractivity contribution < 1.29 is 20.8 Å². The van der Waals surface area contributed by atoms with E-state index in [0.29, 0.717) is 0 Å². The fourth-order valence-electron chi connectivity index (χ4n) is 3.44. The summed E-state index contributed by atoms with van der Waals surface area (Å²) in [6, 6.07) is 21.7.